The first-order valence-corrected chi connectivity index (χ1v) is 4.49. The smallest absolute Gasteiger partial charge is 0.127 e. The number of rotatable bonds is 0. The molecule has 62 valence electrons. The van der Waals surface area contributed by atoms with Gasteiger partial charge in [-0.15, -0.1) is 0 Å². The normalized spacial score (nSPS) is 38.9. The van der Waals surface area contributed by atoms with Crippen LogP contribution in [0.4, 0.5) is 0 Å². The first-order chi connectivity index (χ1) is 5.20. The Labute approximate surface area is 70.6 Å². The lowest BCUT2D eigenvalue weighted by atomic mass is 10.1. The molecular weight excluding hydrogens is 160 g/mol. The average molecular weight is 172 g/mol. The lowest BCUT2D eigenvalue weighted by molar-refractivity contribution is 0.301. The molecule has 0 spiro atoms. The molecule has 0 amide bonds. The molecule has 2 unspecified atom stereocenters. The molecule has 0 aromatic heterocycles. The zero-order valence-electron chi connectivity index (χ0n) is 6.61. The minimum absolute atomic E-state index is 0.554. The van der Waals surface area contributed by atoms with Crippen LogP contribution in [0.3, 0.4) is 0 Å². The van der Waals surface area contributed by atoms with Crippen molar-refractivity contribution in [1.29, 1.82) is 0 Å². The van der Waals surface area contributed by atoms with Crippen molar-refractivity contribution in [3.05, 3.63) is 23.3 Å². The second-order valence-electron chi connectivity index (χ2n) is 2.33. The summed E-state index contributed by atoms with van der Waals surface area (Å²) in [7, 11) is 0. The summed E-state index contributed by atoms with van der Waals surface area (Å²) in [5.74, 6) is 0. The van der Waals surface area contributed by atoms with Crippen LogP contribution in [0.1, 0.15) is 13.8 Å². The van der Waals surface area contributed by atoms with Gasteiger partial charge in [0.1, 0.15) is 10.9 Å². The van der Waals surface area contributed by atoms with E-state index in [-0.39, 0.29) is 0 Å². The van der Waals surface area contributed by atoms with Crippen LogP contribution in [0.25, 0.3) is 0 Å². The average Bonchev–Trinajstić information content (AvgIpc) is 2.24. The molecule has 11 heavy (non-hydrogen) atoms. The van der Waals surface area contributed by atoms with Gasteiger partial charge in [0.2, 0.25) is 0 Å². The number of hydrogen-bond acceptors (Lipinski definition) is 3. The van der Waals surface area contributed by atoms with Crippen molar-refractivity contribution in [2.75, 3.05) is 0 Å². The highest BCUT2D eigenvalue weighted by molar-refractivity contribution is 8.00. The van der Waals surface area contributed by atoms with Gasteiger partial charge in [-0.2, -0.15) is 0 Å². The Kier molecular flexibility index (Phi) is 2.76. The van der Waals surface area contributed by atoms with Crippen molar-refractivity contribution in [2.24, 2.45) is 0 Å². The van der Waals surface area contributed by atoms with Gasteiger partial charge in [-0.05, 0) is 25.0 Å². The molecule has 0 radical (unpaired) electrons. The SMILES string of the molecule is CC=C1C(=CC)C(O)SC1O. The monoisotopic (exact) mass is 172 g/mol. The van der Waals surface area contributed by atoms with Crippen molar-refractivity contribution < 1.29 is 10.2 Å². The summed E-state index contributed by atoms with van der Waals surface area (Å²) in [6.45, 7) is 3.72. The lowest BCUT2D eigenvalue weighted by Crippen LogP contribution is -1.98. The molecule has 1 aliphatic rings. The maximum Gasteiger partial charge on any atom is 0.127 e. The van der Waals surface area contributed by atoms with Gasteiger partial charge in [0.05, 0.1) is 0 Å². The largest absolute Gasteiger partial charge is 0.378 e. The highest BCUT2D eigenvalue weighted by atomic mass is 32.2. The maximum atomic E-state index is 9.35. The van der Waals surface area contributed by atoms with Gasteiger partial charge in [0.25, 0.3) is 0 Å². The van der Waals surface area contributed by atoms with E-state index in [9.17, 15) is 10.2 Å². The van der Waals surface area contributed by atoms with Crippen LogP contribution in [0.5, 0.6) is 0 Å². The van der Waals surface area contributed by atoms with Gasteiger partial charge in [-0.25, -0.2) is 0 Å². The maximum absolute atomic E-state index is 9.35. The topological polar surface area (TPSA) is 40.5 Å². The Hall–Kier alpha value is -0.250. The fourth-order valence-electron chi connectivity index (χ4n) is 1.17. The van der Waals surface area contributed by atoms with Crippen LogP contribution in [-0.2, 0) is 0 Å². The minimum Gasteiger partial charge on any atom is -0.378 e. The summed E-state index contributed by atoms with van der Waals surface area (Å²) in [5, 5.41) is 18.7. The van der Waals surface area contributed by atoms with E-state index in [1.165, 1.54) is 0 Å². The standard InChI is InChI=1S/C8H12O2S/c1-3-5-6(4-2)8(10)11-7(5)9/h3-4,7-10H,1-2H3. The Bertz CT molecular complexity index is 186. The van der Waals surface area contributed by atoms with Gasteiger partial charge < -0.3 is 10.2 Å². The van der Waals surface area contributed by atoms with Crippen LogP contribution >= 0.6 is 11.8 Å². The van der Waals surface area contributed by atoms with Gasteiger partial charge in [0.15, 0.2) is 0 Å². The zero-order valence-corrected chi connectivity index (χ0v) is 7.43. The van der Waals surface area contributed by atoms with E-state index in [1.807, 2.05) is 26.0 Å². The summed E-state index contributed by atoms with van der Waals surface area (Å²) in [6, 6.07) is 0. The quantitative estimate of drug-likeness (QED) is 0.578. The van der Waals surface area contributed by atoms with Crippen LogP contribution in [0.15, 0.2) is 23.3 Å². The third kappa shape index (κ3) is 1.50. The predicted molar refractivity (Wildman–Crippen MR) is 47.1 cm³/mol. The van der Waals surface area contributed by atoms with Crippen LogP contribution in [-0.4, -0.2) is 21.1 Å². The van der Waals surface area contributed by atoms with E-state index >= 15 is 0 Å². The molecule has 3 heteroatoms. The third-order valence-electron chi connectivity index (χ3n) is 1.75. The Morgan fingerprint density at radius 2 is 1.45 bits per heavy atom. The van der Waals surface area contributed by atoms with Crippen molar-refractivity contribution in [3.63, 3.8) is 0 Å². The molecule has 0 aromatic rings. The first-order valence-electron chi connectivity index (χ1n) is 3.55. The molecule has 0 saturated carbocycles. The summed E-state index contributed by atoms with van der Waals surface area (Å²) in [4.78, 5) is 0. The van der Waals surface area contributed by atoms with Crippen LogP contribution in [0.2, 0.25) is 0 Å². The van der Waals surface area contributed by atoms with Crippen molar-refractivity contribution in [2.45, 2.75) is 24.7 Å². The molecule has 2 N–H and O–H groups in total. The number of aliphatic hydroxyl groups excluding tert-OH is 2. The summed E-state index contributed by atoms with van der Waals surface area (Å²) >= 11 is 1.16. The molecule has 2 atom stereocenters. The Balaban J connectivity index is 2.94. The number of aliphatic hydroxyl groups is 2. The highest BCUT2D eigenvalue weighted by Crippen LogP contribution is 2.39. The Morgan fingerprint density at radius 1 is 1.09 bits per heavy atom. The molecule has 1 saturated heterocycles. The molecule has 1 rings (SSSR count). The van der Waals surface area contributed by atoms with E-state index < -0.39 is 10.9 Å². The number of hydrogen-bond donors (Lipinski definition) is 2. The van der Waals surface area contributed by atoms with Gasteiger partial charge in [-0.1, -0.05) is 23.9 Å². The van der Waals surface area contributed by atoms with Gasteiger partial charge in [-0.3, -0.25) is 0 Å². The summed E-state index contributed by atoms with van der Waals surface area (Å²) < 4.78 is 0. The Morgan fingerprint density at radius 3 is 1.73 bits per heavy atom. The van der Waals surface area contributed by atoms with Gasteiger partial charge >= 0.3 is 0 Å². The number of thioether (sulfide) groups is 1. The highest BCUT2D eigenvalue weighted by Gasteiger charge is 2.30. The molecule has 0 aliphatic carbocycles. The van der Waals surface area contributed by atoms with E-state index in [4.69, 9.17) is 0 Å². The fraction of sp³-hybridized carbons (Fsp3) is 0.500. The van der Waals surface area contributed by atoms with Crippen molar-refractivity contribution in [3.8, 4) is 0 Å². The third-order valence-corrected chi connectivity index (χ3v) is 2.77. The minimum atomic E-state index is -0.554. The zero-order chi connectivity index (χ0) is 8.43. The van der Waals surface area contributed by atoms with Crippen molar-refractivity contribution in [1.82, 2.24) is 0 Å². The molecular formula is C8H12O2S. The summed E-state index contributed by atoms with van der Waals surface area (Å²) in [5.41, 5.74) is 0.567. The van der Waals surface area contributed by atoms with E-state index in [0.29, 0.717) is 0 Å². The van der Waals surface area contributed by atoms with Crippen LogP contribution < -0.4 is 0 Å². The molecule has 0 bridgehead atoms. The van der Waals surface area contributed by atoms with E-state index in [2.05, 4.69) is 0 Å². The van der Waals surface area contributed by atoms with E-state index in [0.717, 1.165) is 22.9 Å². The lowest BCUT2D eigenvalue weighted by Gasteiger charge is -2.01. The molecule has 2 nitrogen and oxygen atoms in total. The molecule has 1 heterocycles. The second kappa shape index (κ2) is 3.43. The van der Waals surface area contributed by atoms with Crippen LogP contribution in [0, 0.1) is 0 Å². The second-order valence-corrected chi connectivity index (χ2v) is 3.49. The summed E-state index contributed by atoms with van der Waals surface area (Å²) in [6.07, 6.45) is 3.67. The predicted octanol–water partition coefficient (Wildman–Crippen LogP) is 1.26. The number of allylic oxidation sites excluding steroid dienone is 2. The molecule has 1 fully saturated rings. The van der Waals surface area contributed by atoms with Crippen molar-refractivity contribution >= 4 is 11.8 Å². The van der Waals surface area contributed by atoms with Gasteiger partial charge in [0, 0.05) is 0 Å². The molecule has 0 aromatic carbocycles. The fourth-order valence-corrected chi connectivity index (χ4v) is 2.25. The van der Waals surface area contributed by atoms with E-state index in [1.54, 1.807) is 0 Å². The first kappa shape index (κ1) is 8.84. The molecule has 1 aliphatic heterocycles.